The van der Waals surface area contributed by atoms with E-state index >= 15 is 0 Å². The smallest absolute Gasteiger partial charge is 0.258 e. The van der Waals surface area contributed by atoms with Crippen molar-refractivity contribution in [1.82, 2.24) is 9.97 Å². The Bertz CT molecular complexity index is 1040. The molecule has 8 nitrogen and oxygen atoms in total. The highest BCUT2D eigenvalue weighted by molar-refractivity contribution is 7.99. The second-order valence-corrected chi connectivity index (χ2v) is 6.90. The fraction of sp³-hybridized carbons (Fsp3) is 0.0588. The van der Waals surface area contributed by atoms with Gasteiger partial charge in [0.15, 0.2) is 5.16 Å². The third kappa shape index (κ3) is 4.39. The van der Waals surface area contributed by atoms with Crippen LogP contribution >= 0.6 is 23.4 Å². The Morgan fingerprint density at radius 2 is 1.67 bits per heavy atom. The number of nitro groups is 2. The lowest BCUT2D eigenvalue weighted by atomic mass is 10.1. The largest absolute Gasteiger partial charge is 0.290 e. The van der Waals surface area contributed by atoms with Crippen molar-refractivity contribution in [1.29, 1.82) is 0 Å². The van der Waals surface area contributed by atoms with Gasteiger partial charge in [-0.05, 0) is 43.0 Å². The number of hydrogen-bond acceptors (Lipinski definition) is 7. The quantitative estimate of drug-likeness (QED) is 0.332. The van der Waals surface area contributed by atoms with Gasteiger partial charge in [0.2, 0.25) is 0 Å². The second-order valence-electron chi connectivity index (χ2n) is 5.45. The zero-order chi connectivity index (χ0) is 19.6. The van der Waals surface area contributed by atoms with Crippen molar-refractivity contribution in [2.24, 2.45) is 0 Å². The zero-order valence-corrected chi connectivity index (χ0v) is 15.4. The maximum atomic E-state index is 11.3. The molecule has 0 N–H and O–H groups in total. The van der Waals surface area contributed by atoms with E-state index in [1.807, 2.05) is 12.1 Å². The standard InChI is InChI=1S/C17H11ClN4O4S/c1-10-8-14(11-2-4-12(18)5-3-11)20-17(19-10)27-16-7-6-13(21(23)24)9-15(16)22(25)26/h2-9H,1H3. The van der Waals surface area contributed by atoms with Gasteiger partial charge in [0.25, 0.3) is 11.4 Å². The first-order chi connectivity index (χ1) is 12.8. The normalized spacial score (nSPS) is 10.6. The van der Waals surface area contributed by atoms with E-state index in [-0.39, 0.29) is 16.3 Å². The first-order valence-electron chi connectivity index (χ1n) is 7.56. The van der Waals surface area contributed by atoms with Crippen molar-refractivity contribution >= 4 is 34.7 Å². The van der Waals surface area contributed by atoms with Crippen molar-refractivity contribution < 1.29 is 9.85 Å². The van der Waals surface area contributed by atoms with Crippen LogP contribution in [0.15, 0.2) is 58.6 Å². The lowest BCUT2D eigenvalue weighted by Crippen LogP contribution is -1.97. The van der Waals surface area contributed by atoms with Crippen LogP contribution in [0.5, 0.6) is 0 Å². The molecule has 3 rings (SSSR count). The molecule has 27 heavy (non-hydrogen) atoms. The van der Waals surface area contributed by atoms with Crippen LogP contribution in [-0.4, -0.2) is 19.8 Å². The number of hydrogen-bond donors (Lipinski definition) is 0. The molecule has 2 aromatic carbocycles. The number of halogens is 1. The van der Waals surface area contributed by atoms with Gasteiger partial charge in [-0.25, -0.2) is 9.97 Å². The van der Waals surface area contributed by atoms with Gasteiger partial charge in [-0.15, -0.1) is 0 Å². The molecule has 10 heteroatoms. The lowest BCUT2D eigenvalue weighted by Gasteiger charge is -2.07. The van der Waals surface area contributed by atoms with E-state index in [4.69, 9.17) is 11.6 Å². The highest BCUT2D eigenvalue weighted by atomic mass is 35.5. The Morgan fingerprint density at radius 1 is 0.963 bits per heavy atom. The molecule has 0 amide bonds. The Hall–Kier alpha value is -3.04. The molecule has 1 heterocycles. The molecule has 0 saturated carbocycles. The Balaban J connectivity index is 2.00. The van der Waals surface area contributed by atoms with Crippen LogP contribution in [0, 0.1) is 27.2 Å². The summed E-state index contributed by atoms with van der Waals surface area (Å²) in [5.41, 5.74) is 1.43. The minimum absolute atomic E-state index is 0.221. The number of non-ortho nitro benzene ring substituents is 1. The molecule has 3 aromatic rings. The molecule has 0 bridgehead atoms. The average molecular weight is 403 g/mol. The maximum absolute atomic E-state index is 11.3. The van der Waals surface area contributed by atoms with Crippen LogP contribution in [0.3, 0.4) is 0 Å². The molecule has 1 aromatic heterocycles. The van der Waals surface area contributed by atoms with Crippen LogP contribution in [0.1, 0.15) is 5.69 Å². The molecule has 0 fully saturated rings. The first kappa shape index (κ1) is 18.7. The summed E-state index contributed by atoms with van der Waals surface area (Å²) < 4.78 is 0. The zero-order valence-electron chi connectivity index (χ0n) is 13.8. The molecule has 0 radical (unpaired) electrons. The molecule has 0 aliphatic rings. The summed E-state index contributed by atoms with van der Waals surface area (Å²) in [5.74, 6) is 0. The van der Waals surface area contributed by atoms with Crippen LogP contribution in [-0.2, 0) is 0 Å². The monoisotopic (exact) mass is 402 g/mol. The summed E-state index contributed by atoms with van der Waals surface area (Å²) in [6.45, 7) is 1.79. The topological polar surface area (TPSA) is 112 Å². The number of aryl methyl sites for hydroxylation is 1. The number of nitro benzene ring substituents is 2. The van der Waals surface area contributed by atoms with Gasteiger partial charge in [-0.1, -0.05) is 23.7 Å². The van der Waals surface area contributed by atoms with Crippen molar-refractivity contribution in [3.05, 3.63) is 79.5 Å². The lowest BCUT2D eigenvalue weighted by molar-refractivity contribution is -0.396. The minimum Gasteiger partial charge on any atom is -0.258 e. The van der Waals surface area contributed by atoms with E-state index in [0.717, 1.165) is 23.4 Å². The van der Waals surface area contributed by atoms with Gasteiger partial charge in [-0.3, -0.25) is 20.2 Å². The fourth-order valence-corrected chi connectivity index (χ4v) is 3.33. The van der Waals surface area contributed by atoms with Crippen molar-refractivity contribution in [3.8, 4) is 11.3 Å². The molecular weight excluding hydrogens is 392 g/mol. The maximum Gasteiger partial charge on any atom is 0.290 e. The molecule has 136 valence electrons. The summed E-state index contributed by atoms with van der Waals surface area (Å²) in [7, 11) is 0. The summed E-state index contributed by atoms with van der Waals surface area (Å²) >= 11 is 6.88. The molecule has 0 unspecified atom stereocenters. The predicted molar refractivity (Wildman–Crippen MR) is 101 cm³/mol. The summed E-state index contributed by atoms with van der Waals surface area (Å²) in [4.78, 5) is 29.8. The Morgan fingerprint density at radius 3 is 2.30 bits per heavy atom. The van der Waals surface area contributed by atoms with Crippen LogP contribution in [0.25, 0.3) is 11.3 Å². The molecule has 0 aliphatic heterocycles. The molecule has 0 saturated heterocycles. The van der Waals surface area contributed by atoms with Gasteiger partial charge in [0, 0.05) is 22.3 Å². The first-order valence-corrected chi connectivity index (χ1v) is 8.75. The fourth-order valence-electron chi connectivity index (χ4n) is 2.30. The van der Waals surface area contributed by atoms with E-state index in [1.54, 1.807) is 25.1 Å². The van der Waals surface area contributed by atoms with Crippen LogP contribution in [0.2, 0.25) is 5.02 Å². The van der Waals surface area contributed by atoms with E-state index in [2.05, 4.69) is 9.97 Å². The molecule has 0 atom stereocenters. The van der Waals surface area contributed by atoms with E-state index in [0.29, 0.717) is 21.6 Å². The average Bonchev–Trinajstić information content (AvgIpc) is 2.61. The SMILES string of the molecule is Cc1cc(-c2ccc(Cl)cc2)nc(Sc2ccc([N+](=O)[O-])cc2[N+](=O)[O-])n1. The van der Waals surface area contributed by atoms with E-state index in [9.17, 15) is 20.2 Å². The van der Waals surface area contributed by atoms with Crippen molar-refractivity contribution in [2.45, 2.75) is 17.0 Å². The Kier molecular flexibility index (Phi) is 5.33. The van der Waals surface area contributed by atoms with Gasteiger partial charge in [-0.2, -0.15) is 0 Å². The van der Waals surface area contributed by atoms with E-state index in [1.165, 1.54) is 12.1 Å². The van der Waals surface area contributed by atoms with Gasteiger partial charge >= 0.3 is 0 Å². The van der Waals surface area contributed by atoms with Crippen LogP contribution < -0.4 is 0 Å². The third-order valence-electron chi connectivity index (χ3n) is 3.52. The van der Waals surface area contributed by atoms with Crippen molar-refractivity contribution in [2.75, 3.05) is 0 Å². The highest BCUT2D eigenvalue weighted by Gasteiger charge is 2.21. The molecule has 0 aliphatic carbocycles. The molecule has 0 spiro atoms. The summed E-state index contributed by atoms with van der Waals surface area (Å²) in [6, 6.07) is 12.4. The third-order valence-corrected chi connectivity index (χ3v) is 4.71. The van der Waals surface area contributed by atoms with Crippen molar-refractivity contribution in [3.63, 3.8) is 0 Å². The summed E-state index contributed by atoms with van der Waals surface area (Å²) in [6.07, 6.45) is 0. The number of aromatic nitrogens is 2. The Labute approximate surface area is 162 Å². The molecular formula is C17H11ClN4O4S. The number of rotatable bonds is 5. The predicted octanol–water partition coefficient (Wildman–Crippen LogP) is 5.07. The van der Waals surface area contributed by atoms with Gasteiger partial charge in [0.05, 0.1) is 26.5 Å². The summed E-state index contributed by atoms with van der Waals surface area (Å²) in [5, 5.41) is 23.0. The second kappa shape index (κ2) is 7.68. The van der Waals surface area contributed by atoms with Crippen LogP contribution in [0.4, 0.5) is 11.4 Å². The van der Waals surface area contributed by atoms with E-state index < -0.39 is 9.85 Å². The van der Waals surface area contributed by atoms with Gasteiger partial charge in [0.1, 0.15) is 0 Å². The number of nitrogens with zero attached hydrogens (tertiary/aromatic N) is 4. The highest BCUT2D eigenvalue weighted by Crippen LogP contribution is 2.36. The number of benzene rings is 2. The van der Waals surface area contributed by atoms with Gasteiger partial charge < -0.3 is 0 Å². The minimum atomic E-state index is -0.677.